The molecule has 0 aliphatic heterocycles. The van der Waals surface area contributed by atoms with Gasteiger partial charge in [0.15, 0.2) is 0 Å². The molecule has 2 aromatic carbocycles. The van der Waals surface area contributed by atoms with Crippen LogP contribution in [0, 0.1) is 12.8 Å². The fraction of sp³-hybridized carbons (Fsp3) is 0.263. The molecular weight excluding hydrogens is 304 g/mol. The highest BCUT2D eigenvalue weighted by Gasteiger charge is 2.29. The van der Waals surface area contributed by atoms with Gasteiger partial charge in [-0.3, -0.25) is 4.79 Å². The van der Waals surface area contributed by atoms with Gasteiger partial charge in [-0.15, -0.1) is 0 Å². The van der Waals surface area contributed by atoms with Crippen LogP contribution in [0.15, 0.2) is 42.5 Å². The smallest absolute Gasteiger partial charge is 0.335 e. The van der Waals surface area contributed by atoms with Gasteiger partial charge < -0.3 is 15.7 Å². The Morgan fingerprint density at radius 1 is 1.12 bits per heavy atom. The van der Waals surface area contributed by atoms with Crippen molar-refractivity contribution < 1.29 is 14.7 Å². The molecule has 124 valence electrons. The van der Waals surface area contributed by atoms with Gasteiger partial charge in [-0.1, -0.05) is 18.2 Å². The number of amides is 1. The molecule has 1 fully saturated rings. The molecule has 0 heterocycles. The number of aryl methyl sites for hydroxylation is 1. The number of hydrogen-bond donors (Lipinski definition) is 3. The zero-order valence-corrected chi connectivity index (χ0v) is 13.5. The van der Waals surface area contributed by atoms with Crippen molar-refractivity contribution in [2.75, 3.05) is 10.6 Å². The molecule has 0 spiro atoms. The minimum Gasteiger partial charge on any atom is -0.478 e. The Hall–Kier alpha value is -2.82. The number of carboxylic acids is 1. The molecule has 0 radical (unpaired) electrons. The average molecular weight is 324 g/mol. The lowest BCUT2D eigenvalue weighted by molar-refractivity contribution is -0.117. The normalized spacial score (nSPS) is 13.4. The maximum atomic E-state index is 11.9. The summed E-state index contributed by atoms with van der Waals surface area (Å²) in [5.41, 5.74) is 4.10. The van der Waals surface area contributed by atoms with Crippen molar-refractivity contribution in [1.82, 2.24) is 0 Å². The summed E-state index contributed by atoms with van der Waals surface area (Å²) >= 11 is 0. The first kappa shape index (κ1) is 16.1. The summed E-state index contributed by atoms with van der Waals surface area (Å²) in [6.07, 6.45) is 1.96. The summed E-state index contributed by atoms with van der Waals surface area (Å²) < 4.78 is 0. The summed E-state index contributed by atoms with van der Waals surface area (Å²) in [5, 5.41) is 15.2. The van der Waals surface area contributed by atoms with Crippen molar-refractivity contribution in [3.05, 3.63) is 59.2 Å². The number of carbonyl (C=O) groups excluding carboxylic acids is 1. The first-order chi connectivity index (χ1) is 11.5. The van der Waals surface area contributed by atoms with E-state index in [1.165, 1.54) is 0 Å². The second-order valence-electron chi connectivity index (χ2n) is 6.15. The first-order valence-electron chi connectivity index (χ1n) is 8.00. The molecule has 1 aliphatic rings. The maximum Gasteiger partial charge on any atom is 0.335 e. The highest BCUT2D eigenvalue weighted by molar-refractivity contribution is 5.94. The van der Waals surface area contributed by atoms with Crippen LogP contribution < -0.4 is 10.6 Å². The van der Waals surface area contributed by atoms with E-state index >= 15 is 0 Å². The van der Waals surface area contributed by atoms with Crippen LogP contribution in [0.4, 0.5) is 11.4 Å². The minimum absolute atomic E-state index is 0.0917. The van der Waals surface area contributed by atoms with E-state index in [1.807, 2.05) is 25.1 Å². The molecule has 3 rings (SSSR count). The van der Waals surface area contributed by atoms with Crippen LogP contribution >= 0.6 is 0 Å². The second-order valence-corrected chi connectivity index (χ2v) is 6.15. The van der Waals surface area contributed by atoms with Crippen molar-refractivity contribution >= 4 is 23.3 Å². The Balaban J connectivity index is 1.65. The molecule has 1 amide bonds. The largest absolute Gasteiger partial charge is 0.478 e. The summed E-state index contributed by atoms with van der Waals surface area (Å²) in [6, 6.07) is 12.6. The quantitative estimate of drug-likeness (QED) is 0.758. The predicted octanol–water partition coefficient (Wildman–Crippen LogP) is 3.65. The molecule has 5 nitrogen and oxygen atoms in total. The maximum absolute atomic E-state index is 11.9. The van der Waals surface area contributed by atoms with E-state index in [-0.39, 0.29) is 17.4 Å². The van der Waals surface area contributed by atoms with Gasteiger partial charge in [0.05, 0.1) is 5.56 Å². The molecule has 24 heavy (non-hydrogen) atoms. The molecule has 0 atom stereocenters. The summed E-state index contributed by atoms with van der Waals surface area (Å²) in [7, 11) is 0. The van der Waals surface area contributed by atoms with Crippen LogP contribution in [0.5, 0.6) is 0 Å². The van der Waals surface area contributed by atoms with E-state index in [0.717, 1.165) is 35.3 Å². The first-order valence-corrected chi connectivity index (χ1v) is 8.00. The van der Waals surface area contributed by atoms with E-state index in [1.54, 1.807) is 24.3 Å². The number of rotatable bonds is 6. The molecular formula is C19H20N2O3. The lowest BCUT2D eigenvalue weighted by Crippen LogP contribution is -2.13. The Bertz CT molecular complexity index is 765. The third kappa shape index (κ3) is 3.93. The Morgan fingerprint density at radius 3 is 2.46 bits per heavy atom. The fourth-order valence-electron chi connectivity index (χ4n) is 2.44. The molecule has 1 aliphatic carbocycles. The zero-order chi connectivity index (χ0) is 17.1. The van der Waals surface area contributed by atoms with Crippen molar-refractivity contribution in [1.29, 1.82) is 0 Å². The molecule has 1 saturated carbocycles. The van der Waals surface area contributed by atoms with Gasteiger partial charge in [0, 0.05) is 23.8 Å². The molecule has 0 aromatic heterocycles. The van der Waals surface area contributed by atoms with E-state index in [2.05, 4.69) is 10.6 Å². The number of anilines is 2. The molecule has 5 heteroatoms. The molecule has 2 aromatic rings. The number of aromatic carboxylic acids is 1. The molecule has 0 bridgehead atoms. The molecule has 0 unspecified atom stereocenters. The van der Waals surface area contributed by atoms with Crippen LogP contribution in [-0.4, -0.2) is 17.0 Å². The van der Waals surface area contributed by atoms with Gasteiger partial charge >= 0.3 is 5.97 Å². The lowest BCUT2D eigenvalue weighted by Gasteiger charge is -2.12. The van der Waals surface area contributed by atoms with Crippen molar-refractivity contribution in [3.63, 3.8) is 0 Å². The van der Waals surface area contributed by atoms with Gasteiger partial charge in [-0.05, 0) is 55.2 Å². The number of hydrogen-bond acceptors (Lipinski definition) is 3. The average Bonchev–Trinajstić information content (AvgIpc) is 3.40. The van der Waals surface area contributed by atoms with Crippen molar-refractivity contribution in [2.24, 2.45) is 5.92 Å². The second kappa shape index (κ2) is 6.74. The number of carbonyl (C=O) groups is 2. The highest BCUT2D eigenvalue weighted by atomic mass is 16.4. The van der Waals surface area contributed by atoms with Gasteiger partial charge in [0.1, 0.15) is 0 Å². The van der Waals surface area contributed by atoms with Crippen LogP contribution in [-0.2, 0) is 11.3 Å². The minimum atomic E-state index is -0.926. The Morgan fingerprint density at radius 2 is 1.83 bits per heavy atom. The monoisotopic (exact) mass is 324 g/mol. The van der Waals surface area contributed by atoms with E-state index in [0.29, 0.717) is 6.54 Å². The van der Waals surface area contributed by atoms with Crippen molar-refractivity contribution in [3.8, 4) is 0 Å². The predicted molar refractivity (Wildman–Crippen MR) is 93.3 cm³/mol. The molecule has 3 N–H and O–H groups in total. The third-order valence-corrected chi connectivity index (χ3v) is 4.14. The Labute approximate surface area is 140 Å². The number of carboxylic acid groups (broad SMARTS) is 1. The molecule has 0 saturated heterocycles. The topological polar surface area (TPSA) is 78.4 Å². The van der Waals surface area contributed by atoms with Gasteiger partial charge in [0.25, 0.3) is 0 Å². The van der Waals surface area contributed by atoms with Crippen LogP contribution in [0.3, 0.4) is 0 Å². The van der Waals surface area contributed by atoms with Gasteiger partial charge in [0.2, 0.25) is 5.91 Å². The highest BCUT2D eigenvalue weighted by Crippen LogP contribution is 2.30. The lowest BCUT2D eigenvalue weighted by atomic mass is 10.1. The van der Waals surface area contributed by atoms with E-state index < -0.39 is 5.97 Å². The van der Waals surface area contributed by atoms with Crippen LogP contribution in [0.2, 0.25) is 0 Å². The number of nitrogens with one attached hydrogen (secondary N) is 2. The van der Waals surface area contributed by atoms with E-state index in [9.17, 15) is 9.59 Å². The van der Waals surface area contributed by atoms with E-state index in [4.69, 9.17) is 5.11 Å². The standard InChI is InChI=1S/C19H20N2O3/c1-12-2-9-16(21-18(22)14-7-8-14)10-17(12)20-11-13-3-5-15(6-4-13)19(23)24/h2-6,9-10,14,20H,7-8,11H2,1H3,(H,21,22)(H,23,24). The fourth-order valence-corrected chi connectivity index (χ4v) is 2.44. The summed E-state index contributed by atoms with van der Waals surface area (Å²) in [6.45, 7) is 2.59. The van der Waals surface area contributed by atoms with Crippen molar-refractivity contribution in [2.45, 2.75) is 26.3 Å². The van der Waals surface area contributed by atoms with Gasteiger partial charge in [-0.25, -0.2) is 4.79 Å². The van der Waals surface area contributed by atoms with Gasteiger partial charge in [-0.2, -0.15) is 0 Å². The SMILES string of the molecule is Cc1ccc(NC(=O)C2CC2)cc1NCc1ccc(C(=O)O)cc1. The van der Waals surface area contributed by atoms with Crippen LogP contribution in [0.1, 0.15) is 34.3 Å². The third-order valence-electron chi connectivity index (χ3n) is 4.14. The zero-order valence-electron chi connectivity index (χ0n) is 13.5. The summed E-state index contributed by atoms with van der Waals surface area (Å²) in [5.74, 6) is -0.658. The summed E-state index contributed by atoms with van der Waals surface area (Å²) in [4.78, 5) is 22.7. The van der Waals surface area contributed by atoms with Crippen LogP contribution in [0.25, 0.3) is 0 Å². The Kier molecular flexibility index (Phi) is 4.51. The number of benzene rings is 2.